The Morgan fingerprint density at radius 2 is 2.03 bits per heavy atom. The van der Waals surface area contributed by atoms with Crippen molar-refractivity contribution in [3.8, 4) is 17.6 Å². The highest BCUT2D eigenvalue weighted by atomic mass is 127. The molecule has 1 amide bonds. The standard InChI is InChI=1S/C28H23ClIN5O3/c1-2-37-26-14-23-21(13-24(26)35-27(36)7-5-10-30)28(18(15-31)16-33-23)34-19-8-9-25(22(29)12-19)38-17-20-6-3-4-11-32-20/h3-9,11-14,16H,2,10,17H2,1H3,(H,33,34)(H,35,36)/b7-5+. The maximum Gasteiger partial charge on any atom is 0.248 e. The smallest absolute Gasteiger partial charge is 0.248 e. The first-order valence-electron chi connectivity index (χ1n) is 11.6. The van der Waals surface area contributed by atoms with E-state index in [1.165, 1.54) is 12.3 Å². The fraction of sp³-hybridized carbons (Fsp3) is 0.143. The predicted molar refractivity (Wildman–Crippen MR) is 158 cm³/mol. The van der Waals surface area contributed by atoms with E-state index in [9.17, 15) is 10.1 Å². The van der Waals surface area contributed by atoms with Gasteiger partial charge in [0.05, 0.1) is 39.8 Å². The summed E-state index contributed by atoms with van der Waals surface area (Å²) < 4.78 is 12.3. The minimum absolute atomic E-state index is 0.282. The van der Waals surface area contributed by atoms with Gasteiger partial charge in [0, 0.05) is 40.0 Å². The molecule has 192 valence electrons. The van der Waals surface area contributed by atoms with Crippen molar-refractivity contribution in [2.45, 2.75) is 13.5 Å². The van der Waals surface area contributed by atoms with Crippen molar-refractivity contribution < 1.29 is 14.3 Å². The number of nitriles is 1. The molecule has 4 rings (SSSR count). The van der Waals surface area contributed by atoms with E-state index in [1.807, 2.05) is 25.1 Å². The van der Waals surface area contributed by atoms with Crippen molar-refractivity contribution in [1.82, 2.24) is 9.97 Å². The molecule has 8 nitrogen and oxygen atoms in total. The molecule has 0 saturated carbocycles. The minimum atomic E-state index is -0.283. The van der Waals surface area contributed by atoms with E-state index < -0.39 is 0 Å². The number of pyridine rings is 2. The summed E-state index contributed by atoms with van der Waals surface area (Å²) in [7, 11) is 0. The van der Waals surface area contributed by atoms with Crippen LogP contribution >= 0.6 is 34.2 Å². The first kappa shape index (κ1) is 27.2. The first-order chi connectivity index (χ1) is 18.5. The van der Waals surface area contributed by atoms with Crippen LogP contribution in [-0.4, -0.2) is 26.9 Å². The Bertz CT molecular complexity index is 1520. The second-order valence-electron chi connectivity index (χ2n) is 7.88. The molecule has 4 aromatic rings. The third-order valence-electron chi connectivity index (χ3n) is 5.31. The summed E-state index contributed by atoms with van der Waals surface area (Å²) in [6, 6.07) is 16.5. The van der Waals surface area contributed by atoms with Crippen LogP contribution in [0.25, 0.3) is 10.9 Å². The van der Waals surface area contributed by atoms with Gasteiger partial charge in [-0.3, -0.25) is 14.8 Å². The van der Waals surface area contributed by atoms with E-state index in [1.54, 1.807) is 42.6 Å². The summed E-state index contributed by atoms with van der Waals surface area (Å²) in [6.07, 6.45) is 6.42. The van der Waals surface area contributed by atoms with Crippen molar-refractivity contribution in [3.63, 3.8) is 0 Å². The predicted octanol–water partition coefficient (Wildman–Crippen LogP) is 6.81. The van der Waals surface area contributed by atoms with Crippen LogP contribution in [0.15, 0.2) is 73.1 Å². The molecule has 10 heteroatoms. The Kier molecular flexibility index (Phi) is 9.35. The maximum atomic E-state index is 12.4. The Morgan fingerprint density at radius 3 is 2.74 bits per heavy atom. The van der Waals surface area contributed by atoms with Gasteiger partial charge in [0.25, 0.3) is 0 Å². The van der Waals surface area contributed by atoms with Crippen molar-refractivity contribution in [2.24, 2.45) is 0 Å². The Morgan fingerprint density at radius 1 is 1.16 bits per heavy atom. The largest absolute Gasteiger partial charge is 0.492 e. The molecule has 2 aromatic carbocycles. The number of hydrogen-bond acceptors (Lipinski definition) is 7. The van der Waals surface area contributed by atoms with Gasteiger partial charge >= 0.3 is 0 Å². The number of amides is 1. The molecule has 2 N–H and O–H groups in total. The molecule has 0 bridgehead atoms. The van der Waals surface area contributed by atoms with E-state index in [-0.39, 0.29) is 12.5 Å². The number of aromatic nitrogens is 2. The Labute approximate surface area is 238 Å². The lowest BCUT2D eigenvalue weighted by molar-refractivity contribution is -0.111. The van der Waals surface area contributed by atoms with E-state index in [4.69, 9.17) is 21.1 Å². The summed E-state index contributed by atoms with van der Waals surface area (Å²) in [6.45, 7) is 2.55. The summed E-state index contributed by atoms with van der Waals surface area (Å²) in [5.41, 5.74) is 3.35. The molecule has 0 saturated heterocycles. The van der Waals surface area contributed by atoms with Gasteiger partial charge in [0.2, 0.25) is 5.91 Å². The zero-order valence-electron chi connectivity index (χ0n) is 20.4. The maximum absolute atomic E-state index is 12.4. The monoisotopic (exact) mass is 639 g/mol. The number of alkyl halides is 1. The number of nitrogens with one attached hydrogen (secondary N) is 2. The Hall–Kier alpha value is -3.88. The highest BCUT2D eigenvalue weighted by molar-refractivity contribution is 14.1. The van der Waals surface area contributed by atoms with Crippen LogP contribution in [0.1, 0.15) is 18.2 Å². The number of rotatable bonds is 10. The number of allylic oxidation sites excluding steroid dienone is 1. The number of hydrogen-bond donors (Lipinski definition) is 2. The zero-order valence-corrected chi connectivity index (χ0v) is 23.3. The number of anilines is 3. The van der Waals surface area contributed by atoms with Gasteiger partial charge < -0.3 is 20.1 Å². The highest BCUT2D eigenvalue weighted by Gasteiger charge is 2.16. The second-order valence-corrected chi connectivity index (χ2v) is 9.17. The van der Waals surface area contributed by atoms with Crippen molar-refractivity contribution >= 4 is 68.1 Å². The average molecular weight is 640 g/mol. The van der Waals surface area contributed by atoms with Gasteiger partial charge in [0.1, 0.15) is 24.2 Å². The highest BCUT2D eigenvalue weighted by Crippen LogP contribution is 2.37. The van der Waals surface area contributed by atoms with Gasteiger partial charge in [0.15, 0.2) is 0 Å². The zero-order chi connectivity index (χ0) is 26.9. The molecule has 0 atom stereocenters. The van der Waals surface area contributed by atoms with Crippen LogP contribution in [0.4, 0.5) is 17.1 Å². The van der Waals surface area contributed by atoms with Gasteiger partial charge in [-0.25, -0.2) is 0 Å². The number of ether oxygens (including phenoxy) is 2. The first-order valence-corrected chi connectivity index (χ1v) is 13.5. The summed E-state index contributed by atoms with van der Waals surface area (Å²) in [4.78, 5) is 21.1. The average Bonchev–Trinajstić information content (AvgIpc) is 2.93. The van der Waals surface area contributed by atoms with Crippen LogP contribution < -0.4 is 20.1 Å². The van der Waals surface area contributed by atoms with E-state index in [0.29, 0.717) is 61.1 Å². The van der Waals surface area contributed by atoms with E-state index >= 15 is 0 Å². The number of fused-ring (bicyclic) bond motifs is 1. The van der Waals surface area contributed by atoms with Crippen LogP contribution in [-0.2, 0) is 11.4 Å². The van der Waals surface area contributed by atoms with Crippen molar-refractivity contribution in [3.05, 3.63) is 89.4 Å². The molecule has 2 heterocycles. The second kappa shape index (κ2) is 13.1. The van der Waals surface area contributed by atoms with Crippen LogP contribution in [0.2, 0.25) is 5.02 Å². The molecule has 38 heavy (non-hydrogen) atoms. The number of halogens is 2. The van der Waals surface area contributed by atoms with E-state index in [0.717, 1.165) is 5.69 Å². The fourth-order valence-electron chi connectivity index (χ4n) is 3.61. The number of nitrogens with zero attached hydrogens (tertiary/aromatic N) is 3. The molecule has 0 radical (unpaired) electrons. The molecule has 0 aliphatic rings. The van der Waals surface area contributed by atoms with E-state index in [2.05, 4.69) is 49.3 Å². The lowest BCUT2D eigenvalue weighted by Gasteiger charge is -2.16. The summed E-state index contributed by atoms with van der Waals surface area (Å²) >= 11 is 8.66. The topological polar surface area (TPSA) is 109 Å². The van der Waals surface area contributed by atoms with Gasteiger partial charge in [-0.1, -0.05) is 46.3 Å². The molecule has 2 aromatic heterocycles. The lowest BCUT2D eigenvalue weighted by Crippen LogP contribution is -2.10. The van der Waals surface area contributed by atoms with Gasteiger partial charge in [-0.15, -0.1) is 0 Å². The summed E-state index contributed by atoms with van der Waals surface area (Å²) in [5, 5.41) is 17.0. The molecular formula is C28H23ClIN5O3. The molecule has 0 spiro atoms. The van der Waals surface area contributed by atoms with Gasteiger partial charge in [-0.05, 0) is 43.3 Å². The minimum Gasteiger partial charge on any atom is -0.492 e. The molecule has 0 unspecified atom stereocenters. The normalized spacial score (nSPS) is 10.8. The SMILES string of the molecule is CCOc1cc2ncc(C#N)c(Nc3ccc(OCc4ccccn4)c(Cl)c3)c2cc1NC(=O)/C=C/CI. The third-order valence-corrected chi connectivity index (χ3v) is 6.11. The van der Waals surface area contributed by atoms with Crippen molar-refractivity contribution in [1.29, 1.82) is 5.26 Å². The molecule has 0 fully saturated rings. The Balaban J connectivity index is 1.67. The fourth-order valence-corrected chi connectivity index (χ4v) is 4.10. The number of carbonyl (C=O) groups is 1. The summed E-state index contributed by atoms with van der Waals surface area (Å²) in [5.74, 6) is 0.708. The molecule has 0 aliphatic heterocycles. The third kappa shape index (κ3) is 6.70. The van der Waals surface area contributed by atoms with Crippen LogP contribution in [0.5, 0.6) is 11.5 Å². The molecular weight excluding hydrogens is 617 g/mol. The quantitative estimate of drug-likeness (QED) is 0.112. The lowest BCUT2D eigenvalue weighted by atomic mass is 10.1. The van der Waals surface area contributed by atoms with Crippen molar-refractivity contribution in [2.75, 3.05) is 21.7 Å². The number of benzene rings is 2. The van der Waals surface area contributed by atoms with Gasteiger partial charge in [-0.2, -0.15) is 5.26 Å². The van der Waals surface area contributed by atoms with Crippen LogP contribution in [0.3, 0.4) is 0 Å². The molecule has 0 aliphatic carbocycles. The van der Waals surface area contributed by atoms with Crippen LogP contribution in [0, 0.1) is 11.3 Å². The number of carbonyl (C=O) groups excluding carboxylic acids is 1.